The number of urea groups is 1. The first kappa shape index (κ1) is 21.0. The Bertz CT molecular complexity index is 1100. The van der Waals surface area contributed by atoms with Gasteiger partial charge in [-0.2, -0.15) is 5.10 Å². The first-order valence-corrected chi connectivity index (χ1v) is 9.52. The van der Waals surface area contributed by atoms with Crippen molar-refractivity contribution in [1.29, 1.82) is 0 Å². The van der Waals surface area contributed by atoms with Crippen LogP contribution in [0.4, 0.5) is 4.79 Å². The number of carbonyl (C=O) groups is 3. The maximum atomic E-state index is 12.8. The van der Waals surface area contributed by atoms with Gasteiger partial charge in [-0.25, -0.2) is 19.1 Å². The topological polar surface area (TPSA) is 129 Å². The molecule has 0 fully saturated rings. The molecule has 0 unspecified atom stereocenters. The van der Waals surface area contributed by atoms with Gasteiger partial charge in [0, 0.05) is 11.9 Å². The number of esters is 2. The summed E-state index contributed by atoms with van der Waals surface area (Å²) in [4.78, 5) is 49.3. The van der Waals surface area contributed by atoms with Crippen LogP contribution < -0.4 is 16.2 Å². The van der Waals surface area contributed by atoms with Gasteiger partial charge < -0.3 is 20.1 Å². The van der Waals surface area contributed by atoms with Crippen molar-refractivity contribution in [3.05, 3.63) is 51.6 Å². The number of nitrogens with zero attached hydrogens (tertiary/aromatic N) is 2. The van der Waals surface area contributed by atoms with Crippen LogP contribution in [0.15, 0.2) is 40.3 Å². The number of amides is 2. The molecule has 1 aliphatic rings. The molecule has 10 nitrogen and oxygen atoms in total. The summed E-state index contributed by atoms with van der Waals surface area (Å²) in [5.74, 6) is -1.41. The molecular weight excluding hydrogens is 392 g/mol. The van der Waals surface area contributed by atoms with E-state index in [0.29, 0.717) is 10.8 Å². The summed E-state index contributed by atoms with van der Waals surface area (Å²) in [5.41, 5.74) is -0.0400. The Kier molecular flexibility index (Phi) is 6.14. The highest BCUT2D eigenvalue weighted by molar-refractivity contribution is 6.02. The summed E-state index contributed by atoms with van der Waals surface area (Å²) in [6.45, 7) is 5.09. The minimum Gasteiger partial charge on any atom is -0.463 e. The van der Waals surface area contributed by atoms with Crippen LogP contribution in [0.3, 0.4) is 0 Å². The minimum atomic E-state index is -0.787. The van der Waals surface area contributed by atoms with Crippen molar-refractivity contribution in [3.8, 4) is 0 Å². The monoisotopic (exact) mass is 414 g/mol. The lowest BCUT2D eigenvalue weighted by atomic mass is 10.0. The Morgan fingerprint density at radius 3 is 2.47 bits per heavy atom. The highest BCUT2D eigenvalue weighted by Crippen LogP contribution is 2.17. The standard InChI is InChI=1S/C20H22N4O6/c1-4-24-17(25)13-9-7-6-8-12(13)16(23-24)19(27)30-10-14-15(18(26)29-5-2)11(3)21-20(28)22-14/h6-9,11H,4-5,10H2,1-3H3,(H2,21,22,28)/t11-/m1/s1. The average Bonchev–Trinajstić information content (AvgIpc) is 2.72. The molecule has 2 N–H and O–H groups in total. The SMILES string of the molecule is CCOC(=O)C1=C(COC(=O)c2nn(CC)c(=O)c3ccccc23)NC(=O)N[C@@H]1C. The Balaban J connectivity index is 1.93. The summed E-state index contributed by atoms with van der Waals surface area (Å²) >= 11 is 0. The number of rotatable bonds is 6. The van der Waals surface area contributed by atoms with E-state index in [4.69, 9.17) is 9.47 Å². The molecular formula is C20H22N4O6. The first-order valence-electron chi connectivity index (χ1n) is 9.52. The Labute approximate surface area is 171 Å². The summed E-state index contributed by atoms with van der Waals surface area (Å²) in [7, 11) is 0. The minimum absolute atomic E-state index is 0.0290. The van der Waals surface area contributed by atoms with Crippen LogP contribution in [0.25, 0.3) is 10.8 Å². The molecule has 0 spiro atoms. The third-order valence-electron chi connectivity index (χ3n) is 4.57. The van der Waals surface area contributed by atoms with Gasteiger partial charge in [0.25, 0.3) is 5.56 Å². The number of carbonyl (C=O) groups excluding carboxylic acids is 3. The van der Waals surface area contributed by atoms with Crippen molar-refractivity contribution < 1.29 is 23.9 Å². The van der Waals surface area contributed by atoms with Crippen molar-refractivity contribution in [3.63, 3.8) is 0 Å². The van der Waals surface area contributed by atoms with Crippen LogP contribution in [-0.4, -0.2) is 47.0 Å². The molecule has 2 heterocycles. The first-order chi connectivity index (χ1) is 14.4. The predicted molar refractivity (Wildman–Crippen MR) is 107 cm³/mol. The van der Waals surface area contributed by atoms with Crippen molar-refractivity contribution in [2.24, 2.45) is 0 Å². The third kappa shape index (κ3) is 4.02. The lowest BCUT2D eigenvalue weighted by Gasteiger charge is -2.26. The smallest absolute Gasteiger partial charge is 0.359 e. The highest BCUT2D eigenvalue weighted by atomic mass is 16.5. The molecule has 0 bridgehead atoms. The normalized spacial score (nSPS) is 16.1. The number of aryl methyl sites for hydroxylation is 1. The Morgan fingerprint density at radius 2 is 1.80 bits per heavy atom. The van der Waals surface area contributed by atoms with E-state index in [0.717, 1.165) is 0 Å². The van der Waals surface area contributed by atoms with Gasteiger partial charge in [0.1, 0.15) is 6.61 Å². The fourth-order valence-corrected chi connectivity index (χ4v) is 3.20. The van der Waals surface area contributed by atoms with E-state index >= 15 is 0 Å². The van der Waals surface area contributed by atoms with Crippen LogP contribution >= 0.6 is 0 Å². The fourth-order valence-electron chi connectivity index (χ4n) is 3.20. The van der Waals surface area contributed by atoms with Crippen LogP contribution in [0.5, 0.6) is 0 Å². The maximum Gasteiger partial charge on any atom is 0.359 e. The lowest BCUT2D eigenvalue weighted by Crippen LogP contribution is -2.50. The second-order valence-corrected chi connectivity index (χ2v) is 6.52. The van der Waals surface area contributed by atoms with Gasteiger partial charge in [-0.3, -0.25) is 4.79 Å². The van der Waals surface area contributed by atoms with E-state index in [1.807, 2.05) is 0 Å². The number of nitrogens with one attached hydrogen (secondary N) is 2. The molecule has 0 saturated carbocycles. The van der Waals surface area contributed by atoms with Crippen LogP contribution in [0.2, 0.25) is 0 Å². The summed E-state index contributed by atoms with van der Waals surface area (Å²) < 4.78 is 11.6. The van der Waals surface area contributed by atoms with Gasteiger partial charge in [-0.05, 0) is 26.8 Å². The molecule has 1 aromatic carbocycles. The van der Waals surface area contributed by atoms with Gasteiger partial charge in [0.2, 0.25) is 0 Å². The van der Waals surface area contributed by atoms with Crippen LogP contribution in [0, 0.1) is 0 Å². The summed E-state index contributed by atoms with van der Waals surface area (Å²) in [5, 5.41) is 9.87. The molecule has 2 amide bonds. The number of ether oxygens (including phenoxy) is 2. The van der Waals surface area contributed by atoms with Gasteiger partial charge in [0.15, 0.2) is 5.69 Å². The van der Waals surface area contributed by atoms with Crippen LogP contribution in [0.1, 0.15) is 31.3 Å². The van der Waals surface area contributed by atoms with E-state index in [1.54, 1.807) is 45.0 Å². The van der Waals surface area contributed by atoms with Crippen molar-refractivity contribution in [1.82, 2.24) is 20.4 Å². The van der Waals surface area contributed by atoms with Gasteiger partial charge >= 0.3 is 18.0 Å². The predicted octanol–water partition coefficient (Wildman–Crippen LogP) is 1.09. The maximum absolute atomic E-state index is 12.8. The molecule has 2 aromatic rings. The van der Waals surface area contributed by atoms with Gasteiger partial charge in [0.05, 0.1) is 29.3 Å². The van der Waals surface area contributed by atoms with E-state index in [2.05, 4.69) is 15.7 Å². The van der Waals surface area contributed by atoms with Gasteiger partial charge in [-0.1, -0.05) is 18.2 Å². The largest absolute Gasteiger partial charge is 0.463 e. The second-order valence-electron chi connectivity index (χ2n) is 6.52. The quantitative estimate of drug-likeness (QED) is 0.677. The molecule has 10 heteroatoms. The van der Waals surface area contributed by atoms with Gasteiger partial charge in [-0.15, -0.1) is 0 Å². The molecule has 158 valence electrons. The Morgan fingerprint density at radius 1 is 1.10 bits per heavy atom. The van der Waals surface area contributed by atoms with E-state index < -0.39 is 24.0 Å². The molecule has 1 atom stereocenters. The van der Waals surface area contributed by atoms with Crippen molar-refractivity contribution in [2.45, 2.75) is 33.4 Å². The number of hydrogen-bond acceptors (Lipinski definition) is 7. The zero-order chi connectivity index (χ0) is 21.8. The van der Waals surface area contributed by atoms with Crippen molar-refractivity contribution >= 4 is 28.7 Å². The second kappa shape index (κ2) is 8.76. The highest BCUT2D eigenvalue weighted by Gasteiger charge is 2.30. The molecule has 30 heavy (non-hydrogen) atoms. The zero-order valence-electron chi connectivity index (χ0n) is 16.9. The Hall–Kier alpha value is -3.69. The van der Waals surface area contributed by atoms with E-state index in [9.17, 15) is 19.2 Å². The zero-order valence-corrected chi connectivity index (χ0v) is 16.9. The number of fused-ring (bicyclic) bond motifs is 1. The fraction of sp³-hybridized carbons (Fsp3) is 0.350. The van der Waals surface area contributed by atoms with E-state index in [-0.39, 0.29) is 42.3 Å². The molecule has 1 aromatic heterocycles. The molecule has 3 rings (SSSR count). The molecule has 0 radical (unpaired) electrons. The van der Waals surface area contributed by atoms with Crippen molar-refractivity contribution in [2.75, 3.05) is 13.2 Å². The molecule has 0 aliphatic carbocycles. The number of aromatic nitrogens is 2. The average molecular weight is 414 g/mol. The third-order valence-corrected chi connectivity index (χ3v) is 4.57. The van der Waals surface area contributed by atoms with E-state index in [1.165, 1.54) is 4.68 Å². The summed E-state index contributed by atoms with van der Waals surface area (Å²) in [6.07, 6.45) is 0. The van der Waals surface area contributed by atoms with Crippen LogP contribution in [-0.2, 0) is 20.8 Å². The summed E-state index contributed by atoms with van der Waals surface area (Å²) in [6, 6.07) is 5.46. The molecule has 1 aliphatic heterocycles. The number of hydrogen-bond donors (Lipinski definition) is 2. The molecule has 0 saturated heterocycles. The lowest BCUT2D eigenvalue weighted by molar-refractivity contribution is -0.139. The number of benzene rings is 1.